The molecular formula is C20H21N5O3S. The lowest BCUT2D eigenvalue weighted by molar-refractivity contribution is -0.124. The van der Waals surface area contributed by atoms with Crippen molar-refractivity contribution in [2.45, 2.75) is 38.8 Å². The van der Waals surface area contributed by atoms with Crippen LogP contribution in [0.4, 0.5) is 0 Å². The monoisotopic (exact) mass is 411 g/mol. The van der Waals surface area contributed by atoms with Crippen molar-refractivity contribution in [1.29, 1.82) is 0 Å². The van der Waals surface area contributed by atoms with E-state index in [0.29, 0.717) is 5.69 Å². The second-order valence-electron chi connectivity index (χ2n) is 6.98. The highest BCUT2D eigenvalue weighted by molar-refractivity contribution is 7.13. The van der Waals surface area contributed by atoms with Crippen LogP contribution in [0, 0.1) is 0 Å². The number of rotatable bonds is 6. The minimum absolute atomic E-state index is 0.226. The molecule has 1 aliphatic rings. The Hall–Kier alpha value is -3.07. The first-order valence-electron chi connectivity index (χ1n) is 9.54. The average molecular weight is 411 g/mol. The van der Waals surface area contributed by atoms with Crippen molar-refractivity contribution >= 4 is 17.2 Å². The number of hydrogen-bond donors (Lipinski definition) is 1. The van der Waals surface area contributed by atoms with E-state index in [4.69, 9.17) is 0 Å². The normalized spacial score (nSPS) is 13.8. The second-order valence-corrected chi connectivity index (χ2v) is 7.92. The Bertz CT molecular complexity index is 1150. The summed E-state index contributed by atoms with van der Waals surface area (Å²) in [6.45, 7) is 2.11. The van der Waals surface area contributed by atoms with Crippen molar-refractivity contribution < 1.29 is 4.79 Å². The molecule has 0 saturated carbocycles. The summed E-state index contributed by atoms with van der Waals surface area (Å²) < 4.78 is 2.57. The van der Waals surface area contributed by atoms with Gasteiger partial charge in [-0.2, -0.15) is 10.2 Å². The molecule has 150 valence electrons. The van der Waals surface area contributed by atoms with Gasteiger partial charge < -0.3 is 5.32 Å². The Balaban J connectivity index is 1.41. The van der Waals surface area contributed by atoms with E-state index in [1.807, 2.05) is 17.5 Å². The molecular weight excluding hydrogens is 390 g/mol. The number of aryl methyl sites for hydroxylation is 2. The average Bonchev–Trinajstić information content (AvgIpc) is 3.39. The topological polar surface area (TPSA) is 98.9 Å². The number of carbonyl (C=O) groups is 1. The first kappa shape index (κ1) is 19.3. The van der Waals surface area contributed by atoms with Crippen LogP contribution in [0.15, 0.2) is 45.3 Å². The number of amides is 1. The molecule has 1 N–H and O–H groups in total. The fourth-order valence-corrected chi connectivity index (χ4v) is 4.09. The van der Waals surface area contributed by atoms with Gasteiger partial charge in [-0.15, -0.1) is 11.3 Å². The SMILES string of the molecule is CC(C(=O)NCCn1nc(-c2cccs2)ccc1=O)n1nc2c(cc1=O)CCC2. The van der Waals surface area contributed by atoms with Gasteiger partial charge in [0, 0.05) is 18.7 Å². The Kier molecular flexibility index (Phi) is 5.39. The third-order valence-electron chi connectivity index (χ3n) is 4.99. The van der Waals surface area contributed by atoms with E-state index in [1.165, 1.54) is 15.4 Å². The minimum atomic E-state index is -0.726. The summed E-state index contributed by atoms with van der Waals surface area (Å²) in [5, 5.41) is 13.5. The highest BCUT2D eigenvalue weighted by atomic mass is 32.1. The van der Waals surface area contributed by atoms with Gasteiger partial charge in [0.15, 0.2) is 0 Å². The van der Waals surface area contributed by atoms with Crippen molar-refractivity contribution in [3.63, 3.8) is 0 Å². The molecule has 3 aromatic heterocycles. The standard InChI is InChI=1S/C20H21N5O3S/c1-13(25-19(27)12-14-4-2-5-15(14)23-25)20(28)21-9-10-24-18(26)8-7-16(22-24)17-6-3-11-29-17/h3,6-8,11-13H,2,4-5,9-10H2,1H3,(H,21,28). The highest BCUT2D eigenvalue weighted by Gasteiger charge is 2.21. The zero-order valence-electron chi connectivity index (χ0n) is 16.0. The van der Waals surface area contributed by atoms with Crippen LogP contribution in [0.3, 0.4) is 0 Å². The van der Waals surface area contributed by atoms with E-state index in [-0.39, 0.29) is 30.1 Å². The fourth-order valence-electron chi connectivity index (χ4n) is 3.40. The number of thiophene rings is 1. The largest absolute Gasteiger partial charge is 0.352 e. The first-order valence-corrected chi connectivity index (χ1v) is 10.4. The maximum Gasteiger partial charge on any atom is 0.267 e. The zero-order chi connectivity index (χ0) is 20.4. The van der Waals surface area contributed by atoms with Gasteiger partial charge >= 0.3 is 0 Å². The lowest BCUT2D eigenvalue weighted by atomic mass is 10.2. The van der Waals surface area contributed by atoms with Crippen LogP contribution in [-0.2, 0) is 24.2 Å². The number of carbonyl (C=O) groups excluding carboxylic acids is 1. The maximum atomic E-state index is 12.5. The van der Waals surface area contributed by atoms with Crippen molar-refractivity contribution in [1.82, 2.24) is 24.9 Å². The molecule has 0 aliphatic heterocycles. The Morgan fingerprint density at radius 3 is 2.86 bits per heavy atom. The first-order chi connectivity index (χ1) is 14.0. The van der Waals surface area contributed by atoms with Gasteiger partial charge in [0.2, 0.25) is 5.91 Å². The summed E-state index contributed by atoms with van der Waals surface area (Å²) in [4.78, 5) is 37.8. The molecule has 3 heterocycles. The van der Waals surface area contributed by atoms with Crippen molar-refractivity contribution in [3.05, 3.63) is 67.7 Å². The highest BCUT2D eigenvalue weighted by Crippen LogP contribution is 2.21. The van der Waals surface area contributed by atoms with Crippen LogP contribution in [0.5, 0.6) is 0 Å². The van der Waals surface area contributed by atoms with E-state index >= 15 is 0 Å². The third-order valence-corrected chi connectivity index (χ3v) is 5.88. The Morgan fingerprint density at radius 1 is 1.21 bits per heavy atom. The third kappa shape index (κ3) is 4.04. The van der Waals surface area contributed by atoms with Crippen molar-refractivity contribution in [2.75, 3.05) is 6.54 Å². The predicted molar refractivity (Wildman–Crippen MR) is 110 cm³/mol. The van der Waals surface area contributed by atoms with Crippen molar-refractivity contribution in [2.24, 2.45) is 0 Å². The van der Waals surface area contributed by atoms with Crippen LogP contribution in [0.2, 0.25) is 0 Å². The molecule has 0 bridgehead atoms. The van der Waals surface area contributed by atoms with Gasteiger partial charge in [-0.3, -0.25) is 14.4 Å². The second kappa shape index (κ2) is 8.12. The van der Waals surface area contributed by atoms with Crippen LogP contribution in [-0.4, -0.2) is 32.0 Å². The summed E-state index contributed by atoms with van der Waals surface area (Å²) in [6, 6.07) is 7.88. The summed E-state index contributed by atoms with van der Waals surface area (Å²) >= 11 is 1.54. The van der Waals surface area contributed by atoms with Crippen molar-refractivity contribution in [3.8, 4) is 10.6 Å². The molecule has 29 heavy (non-hydrogen) atoms. The molecule has 8 nitrogen and oxygen atoms in total. The summed E-state index contributed by atoms with van der Waals surface area (Å²) in [6.07, 6.45) is 2.68. The molecule has 1 unspecified atom stereocenters. The molecule has 1 aliphatic carbocycles. The van der Waals surface area contributed by atoms with Crippen LogP contribution < -0.4 is 16.4 Å². The molecule has 3 aromatic rings. The molecule has 0 fully saturated rings. The van der Waals surface area contributed by atoms with Gasteiger partial charge in [-0.1, -0.05) is 6.07 Å². The van der Waals surface area contributed by atoms with Crippen LogP contribution in [0.1, 0.15) is 30.6 Å². The Labute approximate surface area is 170 Å². The van der Waals surface area contributed by atoms with Gasteiger partial charge in [0.25, 0.3) is 11.1 Å². The molecule has 9 heteroatoms. The zero-order valence-corrected chi connectivity index (χ0v) is 16.8. The van der Waals surface area contributed by atoms with Crippen LogP contribution in [0.25, 0.3) is 10.6 Å². The number of nitrogens with zero attached hydrogens (tertiary/aromatic N) is 4. The fraction of sp³-hybridized carbons (Fsp3) is 0.350. The molecule has 4 rings (SSSR count). The van der Waals surface area contributed by atoms with Crippen LogP contribution >= 0.6 is 11.3 Å². The number of fused-ring (bicyclic) bond motifs is 1. The number of aromatic nitrogens is 4. The number of nitrogens with one attached hydrogen (secondary N) is 1. The van der Waals surface area contributed by atoms with E-state index in [2.05, 4.69) is 15.5 Å². The van der Waals surface area contributed by atoms with Gasteiger partial charge in [-0.25, -0.2) is 9.36 Å². The smallest absolute Gasteiger partial charge is 0.267 e. The minimum Gasteiger partial charge on any atom is -0.352 e. The summed E-state index contributed by atoms with van der Waals surface area (Å²) in [5.74, 6) is -0.319. The maximum absolute atomic E-state index is 12.5. The molecule has 1 amide bonds. The van der Waals surface area contributed by atoms with E-state index < -0.39 is 6.04 Å². The van der Waals surface area contributed by atoms with Gasteiger partial charge in [0.05, 0.1) is 17.1 Å². The van der Waals surface area contributed by atoms with Gasteiger partial charge in [-0.05, 0) is 49.3 Å². The lowest BCUT2D eigenvalue weighted by Gasteiger charge is -2.15. The molecule has 0 radical (unpaired) electrons. The van der Waals surface area contributed by atoms with E-state index in [1.54, 1.807) is 30.4 Å². The van der Waals surface area contributed by atoms with E-state index in [0.717, 1.165) is 35.4 Å². The van der Waals surface area contributed by atoms with E-state index in [9.17, 15) is 14.4 Å². The predicted octanol–water partition coefficient (Wildman–Crippen LogP) is 1.39. The molecule has 0 saturated heterocycles. The van der Waals surface area contributed by atoms with Gasteiger partial charge in [0.1, 0.15) is 11.7 Å². The number of hydrogen-bond acceptors (Lipinski definition) is 6. The molecule has 0 spiro atoms. The lowest BCUT2D eigenvalue weighted by Crippen LogP contribution is -2.39. The quantitative estimate of drug-likeness (QED) is 0.661. The Morgan fingerprint density at radius 2 is 2.07 bits per heavy atom. The molecule has 1 atom stereocenters. The summed E-state index contributed by atoms with van der Waals surface area (Å²) in [7, 11) is 0. The summed E-state index contributed by atoms with van der Waals surface area (Å²) in [5.41, 5.74) is 2.09. The molecule has 0 aromatic carbocycles.